The van der Waals surface area contributed by atoms with E-state index in [-0.39, 0.29) is 17.1 Å². The number of carbonyl (C=O) groups excluding carboxylic acids is 4. The van der Waals surface area contributed by atoms with Crippen molar-refractivity contribution >= 4 is 40.9 Å². The number of benzene rings is 1. The van der Waals surface area contributed by atoms with Crippen molar-refractivity contribution in [1.82, 2.24) is 15.6 Å². The van der Waals surface area contributed by atoms with Crippen LogP contribution in [0.1, 0.15) is 31.3 Å². The fourth-order valence-corrected chi connectivity index (χ4v) is 3.34. The number of anilines is 1. The lowest BCUT2D eigenvalue weighted by Crippen LogP contribution is -2.35. The Balaban J connectivity index is 2.11. The largest absolute Gasteiger partial charge is 0.496 e. The predicted molar refractivity (Wildman–Crippen MR) is 130 cm³/mol. The molecule has 1 aromatic heterocycles. The van der Waals surface area contributed by atoms with Crippen LogP contribution in [0.15, 0.2) is 48.1 Å². The van der Waals surface area contributed by atoms with E-state index in [9.17, 15) is 19.2 Å². The lowest BCUT2D eigenvalue weighted by molar-refractivity contribution is -0.137. The van der Waals surface area contributed by atoms with Crippen molar-refractivity contribution in [1.29, 1.82) is 0 Å². The number of hydrogen-bond donors (Lipinski definition) is 3. The molecule has 2 aromatic rings. The van der Waals surface area contributed by atoms with Crippen LogP contribution in [-0.2, 0) is 19.1 Å². The summed E-state index contributed by atoms with van der Waals surface area (Å²) in [5, 5.41) is 9.07. The first-order chi connectivity index (χ1) is 16.3. The third-order valence-electron chi connectivity index (χ3n) is 4.05. The van der Waals surface area contributed by atoms with Gasteiger partial charge < -0.3 is 24.8 Å². The fourth-order valence-electron chi connectivity index (χ4n) is 2.51. The molecule has 186 valence electrons. The molecule has 0 fully saturated rings. The molecular weight excluding hydrogens is 476 g/mol. The maximum Gasteiger partial charge on any atom is 0.412 e. The van der Waals surface area contributed by atoms with Gasteiger partial charge in [-0.2, -0.15) is 0 Å². The Morgan fingerprint density at radius 3 is 2.31 bits per heavy atom. The molecule has 0 bridgehead atoms. The molecule has 0 aliphatic carbocycles. The number of esters is 1. The topological polar surface area (TPSA) is 145 Å². The first-order valence-electron chi connectivity index (χ1n) is 10.1. The van der Waals surface area contributed by atoms with Crippen molar-refractivity contribution in [3.8, 4) is 16.3 Å². The van der Waals surface area contributed by atoms with E-state index in [1.54, 1.807) is 39.0 Å². The molecule has 0 unspecified atom stereocenters. The van der Waals surface area contributed by atoms with Crippen LogP contribution in [0.25, 0.3) is 10.6 Å². The van der Waals surface area contributed by atoms with Gasteiger partial charge in [0, 0.05) is 17.1 Å². The van der Waals surface area contributed by atoms with Gasteiger partial charge in [0.05, 0.1) is 25.5 Å². The number of nitrogens with one attached hydrogen (secondary N) is 3. The third kappa shape index (κ3) is 7.67. The zero-order chi connectivity index (χ0) is 26.3. The number of ether oxygens (including phenoxy) is 3. The fraction of sp³-hybridized carbons (Fsp3) is 0.261. The van der Waals surface area contributed by atoms with Gasteiger partial charge >= 0.3 is 12.1 Å². The zero-order valence-electron chi connectivity index (χ0n) is 19.9. The first-order valence-corrected chi connectivity index (χ1v) is 10.9. The Bertz CT molecular complexity index is 1180. The predicted octanol–water partition coefficient (Wildman–Crippen LogP) is 3.21. The highest BCUT2D eigenvalue weighted by Crippen LogP contribution is 2.34. The van der Waals surface area contributed by atoms with Gasteiger partial charge in [0.1, 0.15) is 27.7 Å². The Morgan fingerprint density at radius 1 is 1.03 bits per heavy atom. The number of nitrogens with zero attached hydrogens (tertiary/aromatic N) is 1. The van der Waals surface area contributed by atoms with Crippen LogP contribution in [0.2, 0.25) is 0 Å². The average molecular weight is 503 g/mol. The average Bonchev–Trinajstić information content (AvgIpc) is 3.27. The molecule has 0 radical (unpaired) electrons. The molecule has 2 rings (SSSR count). The molecule has 3 amide bonds. The summed E-state index contributed by atoms with van der Waals surface area (Å²) in [5.41, 5.74) is -0.204. The number of carbonyl (C=O) groups is 4. The van der Waals surface area contributed by atoms with Crippen molar-refractivity contribution < 1.29 is 33.4 Å². The summed E-state index contributed by atoms with van der Waals surface area (Å²) in [6, 6.07) is 4.92. The normalized spacial score (nSPS) is 10.5. The monoisotopic (exact) mass is 502 g/mol. The van der Waals surface area contributed by atoms with Gasteiger partial charge in [-0.1, -0.05) is 13.2 Å². The Labute approximate surface area is 206 Å². The summed E-state index contributed by atoms with van der Waals surface area (Å²) < 4.78 is 15.1. The second-order valence-electron chi connectivity index (χ2n) is 7.94. The van der Waals surface area contributed by atoms with Gasteiger partial charge in [0.25, 0.3) is 11.8 Å². The van der Waals surface area contributed by atoms with E-state index in [1.807, 2.05) is 0 Å². The standard InChI is InChI=1S/C23H26N4O7S/c1-12(18(28)25-13(2)21(30)33-7)24-19(29)16-11-35-20(27-16)15-9-8-14(10-17(15)32-6)26-22(31)34-23(3,4)5/h8-11H,1-2H2,3-7H3,(H,24,29)(H,25,28)(H,26,31). The Hall–Kier alpha value is -4.19. The molecule has 0 spiro atoms. The zero-order valence-corrected chi connectivity index (χ0v) is 20.8. The van der Waals surface area contributed by atoms with E-state index in [0.29, 0.717) is 22.0 Å². The van der Waals surface area contributed by atoms with Crippen LogP contribution < -0.4 is 20.7 Å². The molecule has 1 aromatic carbocycles. The number of amides is 3. The van der Waals surface area contributed by atoms with Crippen molar-refractivity contribution in [2.24, 2.45) is 0 Å². The highest BCUT2D eigenvalue weighted by molar-refractivity contribution is 7.13. The van der Waals surface area contributed by atoms with E-state index < -0.39 is 29.5 Å². The lowest BCUT2D eigenvalue weighted by Gasteiger charge is -2.20. The maximum atomic E-state index is 12.5. The van der Waals surface area contributed by atoms with Crippen LogP contribution in [0.5, 0.6) is 5.75 Å². The summed E-state index contributed by atoms with van der Waals surface area (Å²) in [7, 11) is 2.60. The third-order valence-corrected chi connectivity index (χ3v) is 4.92. The van der Waals surface area contributed by atoms with Gasteiger partial charge in [0.2, 0.25) is 0 Å². The molecule has 3 N–H and O–H groups in total. The molecule has 0 saturated carbocycles. The van der Waals surface area contributed by atoms with Crippen molar-refractivity contribution in [2.45, 2.75) is 26.4 Å². The van der Waals surface area contributed by atoms with Gasteiger partial charge in [-0.25, -0.2) is 14.6 Å². The Kier molecular flexibility index (Phi) is 8.73. The van der Waals surface area contributed by atoms with E-state index in [4.69, 9.17) is 9.47 Å². The summed E-state index contributed by atoms with van der Waals surface area (Å²) >= 11 is 1.17. The van der Waals surface area contributed by atoms with Crippen LogP contribution in [-0.4, -0.2) is 48.7 Å². The van der Waals surface area contributed by atoms with Crippen molar-refractivity contribution in [2.75, 3.05) is 19.5 Å². The maximum absolute atomic E-state index is 12.5. The van der Waals surface area contributed by atoms with Gasteiger partial charge in [-0.15, -0.1) is 11.3 Å². The summed E-state index contributed by atoms with van der Waals surface area (Å²) in [4.78, 5) is 52.2. The number of methoxy groups -OCH3 is 2. The molecule has 0 aliphatic rings. The Morgan fingerprint density at radius 2 is 1.71 bits per heavy atom. The lowest BCUT2D eigenvalue weighted by atomic mass is 10.2. The van der Waals surface area contributed by atoms with Crippen LogP contribution in [0.4, 0.5) is 10.5 Å². The molecular formula is C23H26N4O7S. The van der Waals surface area contributed by atoms with E-state index in [0.717, 1.165) is 7.11 Å². The second-order valence-corrected chi connectivity index (χ2v) is 8.79. The SMILES string of the molecule is C=C(NC(=O)c1csc(-c2ccc(NC(=O)OC(C)(C)C)cc2OC)n1)C(=O)NC(=C)C(=O)OC. The second kappa shape index (κ2) is 11.3. The molecule has 0 aliphatic heterocycles. The summed E-state index contributed by atoms with van der Waals surface area (Å²) in [5.74, 6) is -1.94. The highest BCUT2D eigenvalue weighted by Gasteiger charge is 2.20. The minimum absolute atomic E-state index is 0.0313. The number of aromatic nitrogens is 1. The van der Waals surface area contributed by atoms with Crippen molar-refractivity contribution in [3.63, 3.8) is 0 Å². The number of hydrogen-bond acceptors (Lipinski definition) is 9. The molecule has 0 atom stereocenters. The summed E-state index contributed by atoms with van der Waals surface area (Å²) in [6.07, 6.45) is -0.611. The number of rotatable bonds is 8. The minimum Gasteiger partial charge on any atom is -0.496 e. The smallest absolute Gasteiger partial charge is 0.412 e. The minimum atomic E-state index is -0.834. The van der Waals surface area contributed by atoms with E-state index in [1.165, 1.54) is 23.8 Å². The highest BCUT2D eigenvalue weighted by atomic mass is 32.1. The van der Waals surface area contributed by atoms with E-state index >= 15 is 0 Å². The molecule has 12 heteroatoms. The van der Waals surface area contributed by atoms with E-state index in [2.05, 4.69) is 38.8 Å². The van der Waals surface area contributed by atoms with Crippen LogP contribution >= 0.6 is 11.3 Å². The first kappa shape index (κ1) is 27.1. The van der Waals surface area contributed by atoms with Crippen LogP contribution in [0, 0.1) is 0 Å². The van der Waals surface area contributed by atoms with Crippen LogP contribution in [0.3, 0.4) is 0 Å². The molecule has 0 saturated heterocycles. The molecule has 35 heavy (non-hydrogen) atoms. The number of thiazole rings is 1. The van der Waals surface area contributed by atoms with Gasteiger partial charge in [-0.05, 0) is 32.9 Å². The molecule has 1 heterocycles. The van der Waals surface area contributed by atoms with Gasteiger partial charge in [-0.3, -0.25) is 14.9 Å². The van der Waals surface area contributed by atoms with Crippen molar-refractivity contribution in [3.05, 3.63) is 53.8 Å². The summed E-state index contributed by atoms with van der Waals surface area (Å²) in [6.45, 7) is 12.1. The van der Waals surface area contributed by atoms with Gasteiger partial charge in [0.15, 0.2) is 0 Å². The molecule has 11 nitrogen and oxygen atoms in total. The quantitative estimate of drug-likeness (QED) is 0.369.